The van der Waals surface area contributed by atoms with Crippen molar-refractivity contribution in [1.29, 1.82) is 0 Å². The quantitative estimate of drug-likeness (QED) is 0.774. The van der Waals surface area contributed by atoms with Crippen molar-refractivity contribution in [2.45, 2.75) is 19.3 Å². The van der Waals surface area contributed by atoms with E-state index in [0.29, 0.717) is 5.56 Å². The van der Waals surface area contributed by atoms with Crippen LogP contribution in [-0.2, 0) is 14.1 Å². The number of hydrogen-bond acceptors (Lipinski definition) is 4. The molecule has 1 fully saturated rings. The van der Waals surface area contributed by atoms with E-state index in [1.165, 1.54) is 6.42 Å². The molecule has 2 aromatic heterocycles. The lowest BCUT2D eigenvalue weighted by atomic mass is 10.1. The zero-order valence-corrected chi connectivity index (χ0v) is 15.6. The fraction of sp³-hybridized carbons (Fsp3) is 0.350. The standard InChI is InChI=1S/C20H23N5O2/c1-23-17-11-15(22-19(26)14-7-6-8-21-13-14)16(25-9-4-3-5-10-25)12-18(17)24(2)20(23)27/h6-8,11-13H,3-5,9-10H2,1-2H3,(H,22,26). The second-order valence-electron chi connectivity index (χ2n) is 7.00. The molecule has 1 aromatic carbocycles. The highest BCUT2D eigenvalue weighted by atomic mass is 16.2. The van der Waals surface area contributed by atoms with Gasteiger partial charge in [0.2, 0.25) is 0 Å². The molecule has 140 valence electrons. The molecule has 1 aliphatic rings. The minimum absolute atomic E-state index is 0.0784. The third-order valence-corrected chi connectivity index (χ3v) is 5.26. The number of rotatable bonds is 3. The smallest absolute Gasteiger partial charge is 0.328 e. The van der Waals surface area contributed by atoms with Gasteiger partial charge in [0.1, 0.15) is 0 Å². The predicted octanol–water partition coefficient (Wildman–Crippen LogP) is 2.51. The Morgan fingerprint density at radius 3 is 2.44 bits per heavy atom. The van der Waals surface area contributed by atoms with E-state index in [0.717, 1.165) is 48.3 Å². The molecule has 7 nitrogen and oxygen atoms in total. The van der Waals surface area contributed by atoms with Crippen LogP contribution in [0.1, 0.15) is 29.6 Å². The predicted molar refractivity (Wildman–Crippen MR) is 106 cm³/mol. The molecule has 1 aliphatic heterocycles. The second-order valence-corrected chi connectivity index (χ2v) is 7.00. The molecule has 4 rings (SSSR count). The summed E-state index contributed by atoms with van der Waals surface area (Å²) in [6.45, 7) is 1.89. The van der Waals surface area contributed by atoms with Crippen LogP contribution in [0.15, 0.2) is 41.5 Å². The Hall–Kier alpha value is -3.09. The summed E-state index contributed by atoms with van der Waals surface area (Å²) in [7, 11) is 3.52. The molecule has 1 amide bonds. The minimum Gasteiger partial charge on any atom is -0.370 e. The van der Waals surface area contributed by atoms with Crippen LogP contribution < -0.4 is 15.9 Å². The fourth-order valence-electron chi connectivity index (χ4n) is 3.72. The second kappa shape index (κ2) is 6.90. The van der Waals surface area contributed by atoms with Crippen LogP contribution in [0.2, 0.25) is 0 Å². The number of aromatic nitrogens is 3. The Balaban J connectivity index is 1.82. The molecule has 0 radical (unpaired) electrons. The van der Waals surface area contributed by atoms with Crippen molar-refractivity contribution in [3.8, 4) is 0 Å². The van der Waals surface area contributed by atoms with Gasteiger partial charge >= 0.3 is 5.69 Å². The number of anilines is 2. The number of pyridine rings is 1. The van der Waals surface area contributed by atoms with Crippen molar-refractivity contribution in [3.63, 3.8) is 0 Å². The van der Waals surface area contributed by atoms with E-state index < -0.39 is 0 Å². The molecule has 0 bridgehead atoms. The summed E-state index contributed by atoms with van der Waals surface area (Å²) < 4.78 is 3.25. The summed E-state index contributed by atoms with van der Waals surface area (Å²) in [5.41, 5.74) is 3.77. The van der Waals surface area contributed by atoms with Crippen LogP contribution in [0, 0.1) is 0 Å². The van der Waals surface area contributed by atoms with E-state index in [1.807, 2.05) is 12.1 Å². The molecule has 1 saturated heterocycles. The van der Waals surface area contributed by atoms with Crippen LogP contribution in [-0.4, -0.2) is 33.1 Å². The lowest BCUT2D eigenvalue weighted by molar-refractivity contribution is 0.102. The number of aryl methyl sites for hydroxylation is 2. The lowest BCUT2D eigenvalue weighted by Gasteiger charge is -2.30. The molecular formula is C20H23N5O2. The van der Waals surface area contributed by atoms with Crippen molar-refractivity contribution < 1.29 is 4.79 Å². The van der Waals surface area contributed by atoms with E-state index in [1.54, 1.807) is 47.8 Å². The van der Waals surface area contributed by atoms with Crippen LogP contribution in [0.5, 0.6) is 0 Å². The fourth-order valence-corrected chi connectivity index (χ4v) is 3.72. The molecular weight excluding hydrogens is 342 g/mol. The number of benzene rings is 1. The summed E-state index contributed by atoms with van der Waals surface area (Å²) in [5, 5.41) is 3.03. The van der Waals surface area contributed by atoms with Gasteiger partial charge in [-0.2, -0.15) is 0 Å². The average Bonchev–Trinajstić information content (AvgIpc) is 2.92. The van der Waals surface area contributed by atoms with E-state index in [4.69, 9.17) is 0 Å². The number of nitrogens with one attached hydrogen (secondary N) is 1. The van der Waals surface area contributed by atoms with Crippen molar-refractivity contribution >= 4 is 28.3 Å². The van der Waals surface area contributed by atoms with Crippen molar-refractivity contribution in [2.24, 2.45) is 14.1 Å². The van der Waals surface area contributed by atoms with Gasteiger partial charge in [-0.3, -0.25) is 18.9 Å². The van der Waals surface area contributed by atoms with Gasteiger partial charge in [0.15, 0.2) is 0 Å². The van der Waals surface area contributed by atoms with E-state index >= 15 is 0 Å². The monoisotopic (exact) mass is 365 g/mol. The zero-order valence-electron chi connectivity index (χ0n) is 15.6. The van der Waals surface area contributed by atoms with Gasteiger partial charge in [-0.25, -0.2) is 4.79 Å². The van der Waals surface area contributed by atoms with Gasteiger partial charge in [-0.05, 0) is 43.5 Å². The van der Waals surface area contributed by atoms with Gasteiger partial charge in [0, 0.05) is 39.6 Å². The summed E-state index contributed by atoms with van der Waals surface area (Å²) in [6.07, 6.45) is 6.66. The molecule has 0 atom stereocenters. The maximum absolute atomic E-state index is 12.7. The summed E-state index contributed by atoms with van der Waals surface area (Å²) in [5.74, 6) is -0.207. The summed E-state index contributed by atoms with van der Waals surface area (Å²) in [4.78, 5) is 31.4. The number of amides is 1. The molecule has 0 spiro atoms. The molecule has 27 heavy (non-hydrogen) atoms. The first kappa shape index (κ1) is 17.3. The molecule has 3 heterocycles. The molecule has 0 unspecified atom stereocenters. The van der Waals surface area contributed by atoms with Gasteiger partial charge < -0.3 is 10.2 Å². The molecule has 1 N–H and O–H groups in total. The highest BCUT2D eigenvalue weighted by molar-refractivity contribution is 6.07. The molecule has 3 aromatic rings. The third kappa shape index (κ3) is 3.09. The van der Waals surface area contributed by atoms with E-state index in [-0.39, 0.29) is 11.6 Å². The number of fused-ring (bicyclic) bond motifs is 1. The lowest BCUT2D eigenvalue weighted by Crippen LogP contribution is -2.30. The highest BCUT2D eigenvalue weighted by Crippen LogP contribution is 2.33. The Bertz CT molecular complexity index is 1050. The number of imidazole rings is 1. The van der Waals surface area contributed by atoms with Gasteiger partial charge in [0.05, 0.1) is 28.0 Å². The highest BCUT2D eigenvalue weighted by Gasteiger charge is 2.20. The Labute approximate surface area is 157 Å². The molecule has 0 aliphatic carbocycles. The number of carbonyl (C=O) groups excluding carboxylic acids is 1. The Morgan fingerprint density at radius 2 is 1.78 bits per heavy atom. The van der Waals surface area contributed by atoms with Crippen molar-refractivity contribution in [3.05, 3.63) is 52.7 Å². The van der Waals surface area contributed by atoms with Gasteiger partial charge in [-0.1, -0.05) is 0 Å². The molecule has 7 heteroatoms. The SMILES string of the molecule is Cn1c(=O)n(C)c2cc(N3CCCCC3)c(NC(=O)c3cccnc3)cc21. The Kier molecular flexibility index (Phi) is 4.43. The van der Waals surface area contributed by atoms with Crippen LogP contribution >= 0.6 is 0 Å². The van der Waals surface area contributed by atoms with Crippen LogP contribution in [0.4, 0.5) is 11.4 Å². The first-order valence-corrected chi connectivity index (χ1v) is 9.22. The topological polar surface area (TPSA) is 72.2 Å². The van der Waals surface area contributed by atoms with Crippen molar-refractivity contribution in [1.82, 2.24) is 14.1 Å². The normalized spacial score (nSPS) is 14.5. The van der Waals surface area contributed by atoms with Crippen LogP contribution in [0.25, 0.3) is 11.0 Å². The van der Waals surface area contributed by atoms with E-state index in [2.05, 4.69) is 15.2 Å². The van der Waals surface area contributed by atoms with Crippen LogP contribution in [0.3, 0.4) is 0 Å². The van der Waals surface area contributed by atoms with Gasteiger partial charge in [-0.15, -0.1) is 0 Å². The summed E-state index contributed by atoms with van der Waals surface area (Å²) >= 11 is 0. The third-order valence-electron chi connectivity index (χ3n) is 5.26. The number of carbonyl (C=O) groups is 1. The average molecular weight is 365 g/mol. The number of nitrogens with zero attached hydrogens (tertiary/aromatic N) is 4. The van der Waals surface area contributed by atoms with E-state index in [9.17, 15) is 9.59 Å². The Morgan fingerprint density at radius 1 is 1.07 bits per heavy atom. The number of hydrogen-bond donors (Lipinski definition) is 1. The maximum Gasteiger partial charge on any atom is 0.328 e. The maximum atomic E-state index is 12.7. The largest absolute Gasteiger partial charge is 0.370 e. The first-order chi connectivity index (χ1) is 13.1. The minimum atomic E-state index is -0.207. The first-order valence-electron chi connectivity index (χ1n) is 9.22. The van der Waals surface area contributed by atoms with Gasteiger partial charge in [0.25, 0.3) is 5.91 Å². The summed E-state index contributed by atoms with van der Waals surface area (Å²) in [6, 6.07) is 7.39. The zero-order chi connectivity index (χ0) is 19.0. The van der Waals surface area contributed by atoms with Crippen molar-refractivity contribution in [2.75, 3.05) is 23.3 Å². The molecule has 0 saturated carbocycles. The number of piperidine rings is 1.